The second kappa shape index (κ2) is 5.80. The van der Waals surface area contributed by atoms with Crippen LogP contribution < -0.4 is 11.1 Å². The van der Waals surface area contributed by atoms with Crippen molar-refractivity contribution in [2.24, 2.45) is 11.7 Å². The van der Waals surface area contributed by atoms with Gasteiger partial charge in [-0.15, -0.1) is 0 Å². The molecule has 1 heterocycles. The Morgan fingerprint density at radius 1 is 1.45 bits per heavy atom. The summed E-state index contributed by atoms with van der Waals surface area (Å²) >= 11 is 0. The molecule has 0 aliphatic carbocycles. The van der Waals surface area contributed by atoms with E-state index in [1.807, 2.05) is 0 Å². The summed E-state index contributed by atoms with van der Waals surface area (Å²) in [6.45, 7) is 0.594. The first-order chi connectivity index (χ1) is 9.41. The Labute approximate surface area is 114 Å². The Kier molecular flexibility index (Phi) is 4.29. The van der Waals surface area contributed by atoms with Crippen molar-refractivity contribution in [3.8, 4) is 0 Å². The summed E-state index contributed by atoms with van der Waals surface area (Å²) < 4.78 is 43.7. The van der Waals surface area contributed by atoms with Gasteiger partial charge in [0.2, 0.25) is 5.91 Å². The van der Waals surface area contributed by atoms with Crippen molar-refractivity contribution in [3.63, 3.8) is 0 Å². The number of rotatable bonds is 3. The zero-order valence-electron chi connectivity index (χ0n) is 10.7. The van der Waals surface area contributed by atoms with E-state index in [4.69, 9.17) is 10.5 Å². The molecule has 0 saturated carbocycles. The van der Waals surface area contributed by atoms with Gasteiger partial charge in [0.05, 0.1) is 18.1 Å². The average molecular weight is 288 g/mol. The van der Waals surface area contributed by atoms with Gasteiger partial charge in [-0.2, -0.15) is 13.2 Å². The number of carbonyl (C=O) groups is 1. The van der Waals surface area contributed by atoms with Crippen molar-refractivity contribution >= 4 is 11.6 Å². The second-order valence-electron chi connectivity index (χ2n) is 4.62. The molecule has 7 heteroatoms. The minimum Gasteiger partial charge on any atom is -0.381 e. The van der Waals surface area contributed by atoms with Crippen molar-refractivity contribution in [1.29, 1.82) is 0 Å². The molecule has 110 valence electrons. The summed E-state index contributed by atoms with van der Waals surface area (Å²) in [7, 11) is 0. The lowest BCUT2D eigenvalue weighted by atomic mass is 10.0. The molecule has 1 aromatic rings. The van der Waals surface area contributed by atoms with Crippen LogP contribution in [0.25, 0.3) is 0 Å². The Morgan fingerprint density at radius 2 is 2.20 bits per heavy atom. The molecule has 1 unspecified atom stereocenters. The number of amides is 1. The zero-order chi connectivity index (χ0) is 14.8. The molecule has 2 rings (SSSR count). The monoisotopic (exact) mass is 288 g/mol. The second-order valence-corrected chi connectivity index (χ2v) is 4.62. The maximum Gasteiger partial charge on any atom is 0.416 e. The number of halogens is 3. The molecular formula is C13H15F3N2O2. The third-order valence-electron chi connectivity index (χ3n) is 3.20. The highest BCUT2D eigenvalue weighted by atomic mass is 19.4. The van der Waals surface area contributed by atoms with E-state index in [1.165, 1.54) is 12.1 Å². The van der Waals surface area contributed by atoms with Gasteiger partial charge < -0.3 is 15.8 Å². The summed E-state index contributed by atoms with van der Waals surface area (Å²) in [6.07, 6.45) is -3.91. The van der Waals surface area contributed by atoms with Crippen LogP contribution in [0.15, 0.2) is 18.2 Å². The molecular weight excluding hydrogens is 273 g/mol. The van der Waals surface area contributed by atoms with Gasteiger partial charge in [-0.25, -0.2) is 0 Å². The highest BCUT2D eigenvalue weighted by Gasteiger charge is 2.33. The number of ether oxygens (including phenoxy) is 1. The third kappa shape index (κ3) is 3.29. The topological polar surface area (TPSA) is 64.3 Å². The van der Waals surface area contributed by atoms with Crippen LogP contribution in [-0.2, 0) is 22.3 Å². The Balaban J connectivity index is 2.18. The summed E-state index contributed by atoms with van der Waals surface area (Å²) in [4.78, 5) is 11.8. The number of hydrogen-bond acceptors (Lipinski definition) is 3. The van der Waals surface area contributed by atoms with Gasteiger partial charge in [0.1, 0.15) is 0 Å². The molecule has 20 heavy (non-hydrogen) atoms. The van der Waals surface area contributed by atoms with Gasteiger partial charge in [0.15, 0.2) is 0 Å². The number of carbonyl (C=O) groups excluding carboxylic acids is 1. The van der Waals surface area contributed by atoms with E-state index < -0.39 is 11.7 Å². The van der Waals surface area contributed by atoms with E-state index in [1.54, 1.807) is 0 Å². The molecule has 1 fully saturated rings. The summed E-state index contributed by atoms with van der Waals surface area (Å²) in [6, 6.07) is 3.62. The Hall–Kier alpha value is -1.60. The third-order valence-corrected chi connectivity index (χ3v) is 3.20. The van der Waals surface area contributed by atoms with Crippen LogP contribution >= 0.6 is 0 Å². The van der Waals surface area contributed by atoms with Gasteiger partial charge in [-0.05, 0) is 24.1 Å². The molecule has 1 aliphatic rings. The van der Waals surface area contributed by atoms with Crippen LogP contribution in [0.4, 0.5) is 18.9 Å². The number of alkyl halides is 3. The standard InChI is InChI=1S/C13H15F3N2O2/c14-13(15,16)11-5-10(2-1-8(11)6-17)18-12(19)9-3-4-20-7-9/h1-2,5,9H,3-4,6-7,17H2,(H,18,19). The number of nitrogens with two attached hydrogens (primary N) is 1. The first-order valence-electron chi connectivity index (χ1n) is 6.20. The maximum absolute atomic E-state index is 12.9. The molecule has 0 aromatic heterocycles. The van der Waals surface area contributed by atoms with E-state index in [0.29, 0.717) is 19.6 Å². The smallest absolute Gasteiger partial charge is 0.381 e. The fraction of sp³-hybridized carbons (Fsp3) is 0.462. The van der Waals surface area contributed by atoms with E-state index in [-0.39, 0.29) is 29.6 Å². The van der Waals surface area contributed by atoms with Crippen molar-refractivity contribution in [2.75, 3.05) is 18.5 Å². The van der Waals surface area contributed by atoms with Crippen molar-refractivity contribution in [2.45, 2.75) is 19.1 Å². The average Bonchev–Trinajstić information content (AvgIpc) is 2.91. The molecule has 1 amide bonds. The summed E-state index contributed by atoms with van der Waals surface area (Å²) in [5, 5.41) is 2.49. The van der Waals surface area contributed by atoms with Gasteiger partial charge in [-0.1, -0.05) is 6.07 Å². The highest BCUT2D eigenvalue weighted by molar-refractivity contribution is 5.92. The predicted octanol–water partition coefficient (Wildman–Crippen LogP) is 2.14. The molecule has 1 saturated heterocycles. The number of anilines is 1. The van der Waals surface area contributed by atoms with Crippen LogP contribution in [-0.4, -0.2) is 19.1 Å². The van der Waals surface area contributed by atoms with Crippen LogP contribution in [0.1, 0.15) is 17.5 Å². The van der Waals surface area contributed by atoms with Gasteiger partial charge in [-0.3, -0.25) is 4.79 Å². The maximum atomic E-state index is 12.9. The molecule has 1 aliphatic heterocycles. The number of nitrogens with one attached hydrogen (secondary N) is 1. The van der Waals surface area contributed by atoms with Gasteiger partial charge in [0, 0.05) is 18.8 Å². The minimum atomic E-state index is -4.49. The summed E-state index contributed by atoms with van der Waals surface area (Å²) in [5.41, 5.74) is 4.59. The van der Waals surface area contributed by atoms with E-state index >= 15 is 0 Å². The fourth-order valence-electron chi connectivity index (χ4n) is 2.08. The SMILES string of the molecule is NCc1ccc(NC(=O)C2CCOC2)cc1C(F)(F)F. The molecule has 0 radical (unpaired) electrons. The van der Waals surface area contributed by atoms with Gasteiger partial charge in [0.25, 0.3) is 0 Å². The van der Waals surface area contributed by atoms with Gasteiger partial charge >= 0.3 is 6.18 Å². The zero-order valence-corrected chi connectivity index (χ0v) is 10.7. The Bertz CT molecular complexity index is 497. The largest absolute Gasteiger partial charge is 0.416 e. The van der Waals surface area contributed by atoms with Crippen molar-refractivity contribution in [1.82, 2.24) is 0 Å². The van der Waals surface area contributed by atoms with E-state index in [9.17, 15) is 18.0 Å². The van der Waals surface area contributed by atoms with Crippen molar-refractivity contribution in [3.05, 3.63) is 29.3 Å². The van der Waals surface area contributed by atoms with Crippen LogP contribution in [0.2, 0.25) is 0 Å². The molecule has 4 nitrogen and oxygen atoms in total. The van der Waals surface area contributed by atoms with Crippen LogP contribution in [0, 0.1) is 5.92 Å². The molecule has 1 aromatic carbocycles. The molecule has 1 atom stereocenters. The first-order valence-corrected chi connectivity index (χ1v) is 6.20. The summed E-state index contributed by atoms with van der Waals surface area (Å²) in [5.74, 6) is -0.630. The molecule has 3 N–H and O–H groups in total. The normalized spacial score (nSPS) is 19.1. The lowest BCUT2D eigenvalue weighted by Gasteiger charge is -2.15. The lowest BCUT2D eigenvalue weighted by Crippen LogP contribution is -2.23. The number of benzene rings is 1. The minimum absolute atomic E-state index is 0.000279. The van der Waals surface area contributed by atoms with Crippen molar-refractivity contribution < 1.29 is 22.7 Å². The van der Waals surface area contributed by atoms with Crippen LogP contribution in [0.5, 0.6) is 0 Å². The Morgan fingerprint density at radius 3 is 2.75 bits per heavy atom. The fourth-order valence-corrected chi connectivity index (χ4v) is 2.08. The molecule has 0 bridgehead atoms. The number of hydrogen-bond donors (Lipinski definition) is 2. The quantitative estimate of drug-likeness (QED) is 0.895. The first kappa shape index (κ1) is 14.8. The predicted molar refractivity (Wildman–Crippen MR) is 66.9 cm³/mol. The van der Waals surface area contributed by atoms with E-state index in [0.717, 1.165) is 6.07 Å². The lowest BCUT2D eigenvalue weighted by molar-refractivity contribution is -0.138. The highest BCUT2D eigenvalue weighted by Crippen LogP contribution is 2.33. The van der Waals surface area contributed by atoms with Crippen LogP contribution in [0.3, 0.4) is 0 Å². The molecule has 0 spiro atoms. The van der Waals surface area contributed by atoms with E-state index in [2.05, 4.69) is 5.32 Å².